The number of rotatable bonds is 5. The molecule has 1 saturated carbocycles. The summed E-state index contributed by atoms with van der Waals surface area (Å²) in [5, 5.41) is 6.28. The molecule has 1 heterocycles. The summed E-state index contributed by atoms with van der Waals surface area (Å²) in [5.74, 6) is 0.848. The zero-order valence-corrected chi connectivity index (χ0v) is 11.5. The van der Waals surface area contributed by atoms with Crippen molar-refractivity contribution in [2.45, 2.75) is 32.4 Å². The molecule has 1 aromatic heterocycles. The Labute approximate surface area is 118 Å². The highest BCUT2D eigenvalue weighted by molar-refractivity contribution is 6.02. The number of carbonyl (C=O) groups excluding carboxylic acids is 1. The van der Waals surface area contributed by atoms with Crippen LogP contribution in [0, 0.1) is 6.92 Å². The second-order valence-corrected chi connectivity index (χ2v) is 5.22. The Morgan fingerprint density at radius 2 is 1.95 bits per heavy atom. The molecular formula is C16H18N2O2. The minimum absolute atomic E-state index is 0.220. The number of hydrogen-bond acceptors (Lipinski definition) is 3. The third-order valence-corrected chi connectivity index (χ3v) is 3.35. The Morgan fingerprint density at radius 1 is 1.20 bits per heavy atom. The van der Waals surface area contributed by atoms with Crippen LogP contribution < -0.4 is 10.6 Å². The Morgan fingerprint density at radius 3 is 2.55 bits per heavy atom. The van der Waals surface area contributed by atoms with Gasteiger partial charge in [0.15, 0.2) is 5.76 Å². The predicted molar refractivity (Wildman–Crippen MR) is 77.7 cm³/mol. The average molecular weight is 270 g/mol. The van der Waals surface area contributed by atoms with Crippen LogP contribution in [-0.2, 0) is 6.54 Å². The highest BCUT2D eigenvalue weighted by Gasteiger charge is 2.19. The highest BCUT2D eigenvalue weighted by Crippen LogP contribution is 2.19. The molecule has 0 atom stereocenters. The van der Waals surface area contributed by atoms with Crippen molar-refractivity contribution in [3.63, 3.8) is 0 Å². The van der Waals surface area contributed by atoms with Gasteiger partial charge in [-0.25, -0.2) is 0 Å². The molecule has 0 bridgehead atoms. The molecule has 3 rings (SSSR count). The number of hydrogen-bond donors (Lipinski definition) is 2. The van der Waals surface area contributed by atoms with Crippen molar-refractivity contribution in [2.24, 2.45) is 0 Å². The summed E-state index contributed by atoms with van der Waals surface area (Å²) < 4.78 is 5.29. The highest BCUT2D eigenvalue weighted by atomic mass is 16.3. The molecule has 20 heavy (non-hydrogen) atoms. The monoisotopic (exact) mass is 270 g/mol. The third-order valence-electron chi connectivity index (χ3n) is 3.35. The average Bonchev–Trinajstić information content (AvgIpc) is 3.18. The van der Waals surface area contributed by atoms with E-state index in [9.17, 15) is 4.79 Å². The van der Waals surface area contributed by atoms with E-state index in [1.54, 1.807) is 12.1 Å². The lowest BCUT2D eigenvalue weighted by atomic mass is 10.2. The molecule has 2 aromatic rings. The van der Waals surface area contributed by atoms with Crippen molar-refractivity contribution in [1.82, 2.24) is 5.32 Å². The minimum atomic E-state index is -0.220. The van der Waals surface area contributed by atoms with Crippen molar-refractivity contribution in [3.05, 3.63) is 53.5 Å². The standard InChI is InChI=1S/C16H18N2O2/c1-11-2-9-15(20-11)16(19)18-14-5-3-12(4-6-14)10-17-13-7-8-13/h2-6,9,13,17H,7-8,10H2,1H3,(H,18,19). The van der Waals surface area contributed by atoms with Crippen LogP contribution >= 0.6 is 0 Å². The molecule has 0 saturated heterocycles. The number of amides is 1. The normalized spacial score (nSPS) is 14.2. The van der Waals surface area contributed by atoms with E-state index in [1.807, 2.05) is 31.2 Å². The maximum atomic E-state index is 11.9. The molecular weight excluding hydrogens is 252 g/mol. The second-order valence-electron chi connectivity index (χ2n) is 5.22. The molecule has 1 aliphatic carbocycles. The molecule has 0 spiro atoms. The van der Waals surface area contributed by atoms with Crippen molar-refractivity contribution in [2.75, 3.05) is 5.32 Å². The van der Waals surface area contributed by atoms with Crippen LogP contribution in [0.2, 0.25) is 0 Å². The smallest absolute Gasteiger partial charge is 0.291 e. The number of anilines is 1. The van der Waals surface area contributed by atoms with Crippen LogP contribution in [0.4, 0.5) is 5.69 Å². The van der Waals surface area contributed by atoms with Gasteiger partial charge in [0.05, 0.1) is 0 Å². The van der Waals surface area contributed by atoms with Crippen LogP contribution in [0.25, 0.3) is 0 Å². The first-order chi connectivity index (χ1) is 9.70. The van der Waals surface area contributed by atoms with Gasteiger partial charge in [0.1, 0.15) is 5.76 Å². The van der Waals surface area contributed by atoms with Gasteiger partial charge >= 0.3 is 0 Å². The van der Waals surface area contributed by atoms with E-state index in [2.05, 4.69) is 10.6 Å². The van der Waals surface area contributed by atoms with E-state index in [1.165, 1.54) is 18.4 Å². The van der Waals surface area contributed by atoms with Gasteiger partial charge in [-0.1, -0.05) is 12.1 Å². The molecule has 104 valence electrons. The van der Waals surface area contributed by atoms with E-state index < -0.39 is 0 Å². The summed E-state index contributed by atoms with van der Waals surface area (Å²) in [6.45, 7) is 2.70. The van der Waals surface area contributed by atoms with Gasteiger partial charge in [0, 0.05) is 18.3 Å². The fraction of sp³-hybridized carbons (Fsp3) is 0.312. The van der Waals surface area contributed by atoms with Crippen LogP contribution in [0.15, 0.2) is 40.8 Å². The van der Waals surface area contributed by atoms with E-state index in [4.69, 9.17) is 4.42 Å². The molecule has 1 aromatic carbocycles. The third kappa shape index (κ3) is 3.27. The maximum absolute atomic E-state index is 11.9. The predicted octanol–water partition coefficient (Wildman–Crippen LogP) is 3.09. The van der Waals surface area contributed by atoms with Gasteiger partial charge in [0.2, 0.25) is 0 Å². The van der Waals surface area contributed by atoms with Crippen LogP contribution in [0.5, 0.6) is 0 Å². The number of nitrogens with one attached hydrogen (secondary N) is 2. The summed E-state index contributed by atoms with van der Waals surface area (Å²) >= 11 is 0. The van der Waals surface area contributed by atoms with Gasteiger partial charge in [-0.3, -0.25) is 4.79 Å². The Kier molecular flexibility index (Phi) is 3.56. The van der Waals surface area contributed by atoms with Crippen LogP contribution in [0.1, 0.15) is 34.7 Å². The van der Waals surface area contributed by atoms with Gasteiger partial charge in [-0.15, -0.1) is 0 Å². The van der Waals surface area contributed by atoms with Gasteiger partial charge < -0.3 is 15.1 Å². The maximum Gasteiger partial charge on any atom is 0.291 e. The molecule has 4 nitrogen and oxygen atoms in total. The van der Waals surface area contributed by atoms with Crippen molar-refractivity contribution < 1.29 is 9.21 Å². The Bertz CT molecular complexity index is 597. The quantitative estimate of drug-likeness (QED) is 0.877. The summed E-state index contributed by atoms with van der Waals surface area (Å²) in [6.07, 6.45) is 2.58. The molecule has 1 fully saturated rings. The van der Waals surface area contributed by atoms with Gasteiger partial charge in [-0.2, -0.15) is 0 Å². The van der Waals surface area contributed by atoms with E-state index >= 15 is 0 Å². The largest absolute Gasteiger partial charge is 0.456 e. The molecule has 0 aliphatic heterocycles. The Balaban J connectivity index is 1.58. The fourth-order valence-corrected chi connectivity index (χ4v) is 2.00. The minimum Gasteiger partial charge on any atom is -0.456 e. The first-order valence-electron chi connectivity index (χ1n) is 6.91. The zero-order chi connectivity index (χ0) is 13.9. The summed E-state index contributed by atoms with van der Waals surface area (Å²) in [6, 6.07) is 12.0. The van der Waals surface area contributed by atoms with E-state index in [0.717, 1.165) is 18.0 Å². The van der Waals surface area contributed by atoms with Gasteiger partial charge in [-0.05, 0) is 49.6 Å². The van der Waals surface area contributed by atoms with E-state index in [0.29, 0.717) is 11.8 Å². The molecule has 4 heteroatoms. The lowest BCUT2D eigenvalue weighted by molar-refractivity contribution is 0.0995. The first-order valence-corrected chi connectivity index (χ1v) is 6.91. The zero-order valence-electron chi connectivity index (χ0n) is 11.5. The first kappa shape index (κ1) is 12.9. The molecule has 0 unspecified atom stereocenters. The van der Waals surface area contributed by atoms with Crippen molar-refractivity contribution in [3.8, 4) is 0 Å². The number of benzene rings is 1. The Hall–Kier alpha value is -2.07. The van der Waals surface area contributed by atoms with Crippen LogP contribution in [0.3, 0.4) is 0 Å². The molecule has 0 radical (unpaired) electrons. The lowest BCUT2D eigenvalue weighted by Crippen LogP contribution is -2.15. The molecule has 1 aliphatic rings. The number of aryl methyl sites for hydroxylation is 1. The SMILES string of the molecule is Cc1ccc(C(=O)Nc2ccc(CNC3CC3)cc2)o1. The van der Waals surface area contributed by atoms with Crippen molar-refractivity contribution >= 4 is 11.6 Å². The summed E-state index contributed by atoms with van der Waals surface area (Å²) in [5.41, 5.74) is 2.00. The lowest BCUT2D eigenvalue weighted by Gasteiger charge is -2.06. The second kappa shape index (κ2) is 5.51. The van der Waals surface area contributed by atoms with Crippen LogP contribution in [-0.4, -0.2) is 11.9 Å². The number of furan rings is 1. The topological polar surface area (TPSA) is 54.3 Å². The number of carbonyl (C=O) groups is 1. The van der Waals surface area contributed by atoms with E-state index in [-0.39, 0.29) is 5.91 Å². The van der Waals surface area contributed by atoms with Gasteiger partial charge in [0.25, 0.3) is 5.91 Å². The fourth-order valence-electron chi connectivity index (χ4n) is 2.00. The molecule has 2 N–H and O–H groups in total. The summed E-state index contributed by atoms with van der Waals surface area (Å²) in [7, 11) is 0. The molecule has 1 amide bonds. The summed E-state index contributed by atoms with van der Waals surface area (Å²) in [4.78, 5) is 11.9. The van der Waals surface area contributed by atoms with Crippen molar-refractivity contribution in [1.29, 1.82) is 0 Å².